The molecule has 2 heteroatoms. The molecule has 0 spiro atoms. The number of hydrogen-bond acceptors (Lipinski definition) is 1. The molecule has 1 N–H and O–H groups in total. The van der Waals surface area contributed by atoms with E-state index in [0.29, 0.717) is 12.0 Å². The second-order valence-electron chi connectivity index (χ2n) is 4.45. The van der Waals surface area contributed by atoms with Crippen molar-refractivity contribution < 1.29 is 4.39 Å². The summed E-state index contributed by atoms with van der Waals surface area (Å²) in [5.74, 6) is 0.517. The van der Waals surface area contributed by atoms with Crippen LogP contribution in [0.2, 0.25) is 0 Å². The van der Waals surface area contributed by atoms with Crippen molar-refractivity contribution in [2.45, 2.75) is 32.7 Å². The SMILES string of the molecule is CNC(Cc1cccc(F)c1)CC(C)C. The van der Waals surface area contributed by atoms with Gasteiger partial charge >= 0.3 is 0 Å². The van der Waals surface area contributed by atoms with Crippen molar-refractivity contribution in [3.05, 3.63) is 35.6 Å². The van der Waals surface area contributed by atoms with Crippen molar-refractivity contribution in [3.8, 4) is 0 Å². The van der Waals surface area contributed by atoms with Gasteiger partial charge in [-0.1, -0.05) is 26.0 Å². The van der Waals surface area contributed by atoms with Crippen LogP contribution in [0.25, 0.3) is 0 Å². The molecule has 1 nitrogen and oxygen atoms in total. The summed E-state index contributed by atoms with van der Waals surface area (Å²) in [5, 5.41) is 3.28. The number of nitrogens with one attached hydrogen (secondary N) is 1. The highest BCUT2D eigenvalue weighted by atomic mass is 19.1. The zero-order valence-corrected chi connectivity index (χ0v) is 9.76. The third-order valence-corrected chi connectivity index (χ3v) is 2.54. The third kappa shape index (κ3) is 4.43. The van der Waals surface area contributed by atoms with Gasteiger partial charge in [-0.05, 0) is 43.5 Å². The van der Waals surface area contributed by atoms with Crippen LogP contribution in [0.3, 0.4) is 0 Å². The Kier molecular flexibility index (Phi) is 4.76. The van der Waals surface area contributed by atoms with Crippen molar-refractivity contribution in [1.82, 2.24) is 5.32 Å². The lowest BCUT2D eigenvalue weighted by molar-refractivity contribution is 0.440. The number of likely N-dealkylation sites (N-methyl/N-ethyl adjacent to an activating group) is 1. The van der Waals surface area contributed by atoms with Crippen molar-refractivity contribution in [2.24, 2.45) is 5.92 Å². The molecule has 1 unspecified atom stereocenters. The molecule has 0 amide bonds. The van der Waals surface area contributed by atoms with E-state index in [-0.39, 0.29) is 5.82 Å². The van der Waals surface area contributed by atoms with E-state index in [9.17, 15) is 4.39 Å². The number of benzene rings is 1. The molecule has 0 heterocycles. The monoisotopic (exact) mass is 209 g/mol. The molecule has 0 aliphatic rings. The Morgan fingerprint density at radius 1 is 1.33 bits per heavy atom. The van der Waals surface area contributed by atoms with Crippen LogP contribution in [0.15, 0.2) is 24.3 Å². The minimum Gasteiger partial charge on any atom is -0.317 e. The van der Waals surface area contributed by atoms with E-state index in [1.54, 1.807) is 12.1 Å². The van der Waals surface area contributed by atoms with Gasteiger partial charge in [0.05, 0.1) is 0 Å². The highest BCUT2D eigenvalue weighted by Crippen LogP contribution is 2.11. The molecule has 15 heavy (non-hydrogen) atoms. The van der Waals surface area contributed by atoms with Crippen LogP contribution >= 0.6 is 0 Å². The first-order valence-electron chi connectivity index (χ1n) is 5.53. The van der Waals surface area contributed by atoms with Crippen molar-refractivity contribution in [1.29, 1.82) is 0 Å². The van der Waals surface area contributed by atoms with E-state index in [1.807, 2.05) is 13.1 Å². The van der Waals surface area contributed by atoms with E-state index in [0.717, 1.165) is 18.4 Å². The minimum atomic E-state index is -0.146. The Balaban J connectivity index is 2.58. The second kappa shape index (κ2) is 5.86. The molecule has 1 rings (SSSR count). The summed E-state index contributed by atoms with van der Waals surface area (Å²) in [6.07, 6.45) is 2.01. The fraction of sp³-hybridized carbons (Fsp3) is 0.538. The lowest BCUT2D eigenvalue weighted by Crippen LogP contribution is -2.29. The molecule has 0 aliphatic carbocycles. The topological polar surface area (TPSA) is 12.0 Å². The predicted octanol–water partition coefficient (Wildman–Crippen LogP) is 3.00. The summed E-state index contributed by atoms with van der Waals surface area (Å²) < 4.78 is 13.0. The molecule has 1 aromatic carbocycles. The lowest BCUT2D eigenvalue weighted by atomic mass is 9.97. The summed E-state index contributed by atoms with van der Waals surface area (Å²) in [6, 6.07) is 7.29. The van der Waals surface area contributed by atoms with Gasteiger partial charge in [-0.15, -0.1) is 0 Å². The van der Waals surface area contributed by atoms with E-state index < -0.39 is 0 Å². The molecule has 1 atom stereocenters. The van der Waals surface area contributed by atoms with Gasteiger partial charge in [0.25, 0.3) is 0 Å². The maximum absolute atomic E-state index is 13.0. The summed E-state index contributed by atoms with van der Waals surface area (Å²) in [7, 11) is 1.96. The Bertz CT molecular complexity index is 296. The van der Waals surface area contributed by atoms with Crippen LogP contribution in [0, 0.1) is 11.7 Å². The van der Waals surface area contributed by atoms with Gasteiger partial charge in [0.2, 0.25) is 0 Å². The van der Waals surface area contributed by atoms with Crippen LogP contribution < -0.4 is 5.32 Å². The van der Waals surface area contributed by atoms with Gasteiger partial charge in [0, 0.05) is 6.04 Å². The maximum atomic E-state index is 13.0. The Labute approximate surface area is 91.7 Å². The van der Waals surface area contributed by atoms with Crippen LogP contribution in [0.1, 0.15) is 25.8 Å². The van der Waals surface area contributed by atoms with Crippen LogP contribution in [-0.2, 0) is 6.42 Å². The van der Waals surface area contributed by atoms with Gasteiger partial charge in [-0.3, -0.25) is 0 Å². The molecule has 0 fully saturated rings. The quantitative estimate of drug-likeness (QED) is 0.786. The van der Waals surface area contributed by atoms with Crippen LogP contribution in [0.4, 0.5) is 4.39 Å². The Hall–Kier alpha value is -0.890. The standard InChI is InChI=1S/C13H20FN/c1-10(2)7-13(15-3)9-11-5-4-6-12(14)8-11/h4-6,8,10,13,15H,7,9H2,1-3H3. The zero-order valence-electron chi connectivity index (χ0n) is 9.76. The first kappa shape index (κ1) is 12.2. The van der Waals surface area contributed by atoms with Crippen LogP contribution in [-0.4, -0.2) is 13.1 Å². The minimum absolute atomic E-state index is 0.146. The molecule has 0 bridgehead atoms. The first-order valence-corrected chi connectivity index (χ1v) is 5.53. The Morgan fingerprint density at radius 3 is 2.60 bits per heavy atom. The van der Waals surface area contributed by atoms with Gasteiger partial charge in [0.1, 0.15) is 5.82 Å². The fourth-order valence-corrected chi connectivity index (χ4v) is 1.82. The molecular weight excluding hydrogens is 189 g/mol. The molecule has 0 saturated heterocycles. The highest BCUT2D eigenvalue weighted by molar-refractivity contribution is 5.17. The van der Waals surface area contributed by atoms with E-state index in [2.05, 4.69) is 19.2 Å². The van der Waals surface area contributed by atoms with Gasteiger partial charge < -0.3 is 5.32 Å². The lowest BCUT2D eigenvalue weighted by Gasteiger charge is -2.18. The average Bonchev–Trinajstić information content (AvgIpc) is 2.16. The molecule has 0 radical (unpaired) electrons. The first-order chi connectivity index (χ1) is 7.11. The number of halogens is 1. The molecule has 0 aromatic heterocycles. The molecule has 84 valence electrons. The fourth-order valence-electron chi connectivity index (χ4n) is 1.82. The summed E-state index contributed by atoms with van der Waals surface area (Å²) in [5.41, 5.74) is 1.06. The number of hydrogen-bond donors (Lipinski definition) is 1. The molecular formula is C13H20FN. The van der Waals surface area contributed by atoms with Crippen molar-refractivity contribution in [2.75, 3.05) is 7.05 Å². The van der Waals surface area contributed by atoms with Crippen LogP contribution in [0.5, 0.6) is 0 Å². The molecule has 0 aliphatic heterocycles. The largest absolute Gasteiger partial charge is 0.317 e. The Morgan fingerprint density at radius 2 is 2.07 bits per heavy atom. The maximum Gasteiger partial charge on any atom is 0.123 e. The normalized spacial score (nSPS) is 13.1. The van der Waals surface area contributed by atoms with E-state index in [1.165, 1.54) is 6.07 Å². The highest BCUT2D eigenvalue weighted by Gasteiger charge is 2.09. The number of rotatable bonds is 5. The van der Waals surface area contributed by atoms with Crippen molar-refractivity contribution in [3.63, 3.8) is 0 Å². The van der Waals surface area contributed by atoms with Gasteiger partial charge in [-0.25, -0.2) is 4.39 Å². The van der Waals surface area contributed by atoms with Gasteiger partial charge in [0.15, 0.2) is 0 Å². The van der Waals surface area contributed by atoms with Gasteiger partial charge in [-0.2, -0.15) is 0 Å². The summed E-state index contributed by atoms with van der Waals surface area (Å²) >= 11 is 0. The summed E-state index contributed by atoms with van der Waals surface area (Å²) in [6.45, 7) is 4.41. The third-order valence-electron chi connectivity index (χ3n) is 2.54. The van der Waals surface area contributed by atoms with E-state index >= 15 is 0 Å². The zero-order chi connectivity index (χ0) is 11.3. The molecule has 1 aromatic rings. The average molecular weight is 209 g/mol. The second-order valence-corrected chi connectivity index (χ2v) is 4.45. The van der Waals surface area contributed by atoms with Crippen molar-refractivity contribution >= 4 is 0 Å². The van der Waals surface area contributed by atoms with E-state index in [4.69, 9.17) is 0 Å². The summed E-state index contributed by atoms with van der Waals surface area (Å²) in [4.78, 5) is 0. The predicted molar refractivity (Wildman–Crippen MR) is 62.4 cm³/mol. The molecule has 0 saturated carbocycles. The smallest absolute Gasteiger partial charge is 0.123 e.